The molecule has 5 heteroatoms. The molecule has 0 radical (unpaired) electrons. The second-order valence-corrected chi connectivity index (χ2v) is 7.34. The number of carbonyl (C=O) groups is 1. The van der Waals surface area contributed by atoms with Crippen molar-refractivity contribution in [2.75, 3.05) is 12.4 Å². The molecule has 4 nitrogen and oxygen atoms in total. The molecule has 0 fully saturated rings. The molecule has 1 heterocycles. The summed E-state index contributed by atoms with van der Waals surface area (Å²) in [5.74, 6) is 2.00. The van der Waals surface area contributed by atoms with Crippen LogP contribution in [0.4, 0.5) is 5.69 Å². The molecule has 140 valence electrons. The summed E-state index contributed by atoms with van der Waals surface area (Å²) in [7, 11) is 1.57. The van der Waals surface area contributed by atoms with Crippen LogP contribution < -0.4 is 14.8 Å². The van der Waals surface area contributed by atoms with Crippen LogP contribution in [0.5, 0.6) is 17.2 Å². The Bertz CT molecular complexity index is 1060. The maximum absolute atomic E-state index is 13.1. The van der Waals surface area contributed by atoms with Crippen LogP contribution in [0.3, 0.4) is 0 Å². The minimum atomic E-state index is -0.0625. The lowest BCUT2D eigenvalue weighted by molar-refractivity contribution is 0.103. The molecule has 0 amide bonds. The van der Waals surface area contributed by atoms with Crippen LogP contribution in [0.15, 0.2) is 88.3 Å². The van der Waals surface area contributed by atoms with Gasteiger partial charge in [0.2, 0.25) is 5.78 Å². The SMILES string of the molecule is COc1ccccc1C(=O)C1=C(C)Nc2ccc(Oc3ccccc3)cc2S1. The average molecular weight is 389 g/mol. The van der Waals surface area contributed by atoms with Crippen LogP contribution in [0.25, 0.3) is 0 Å². The number of carbonyl (C=O) groups excluding carboxylic acids is 1. The van der Waals surface area contributed by atoms with Gasteiger partial charge in [-0.15, -0.1) is 0 Å². The number of allylic oxidation sites excluding steroid dienone is 2. The van der Waals surface area contributed by atoms with Crippen LogP contribution in [-0.4, -0.2) is 12.9 Å². The molecule has 4 rings (SSSR count). The van der Waals surface area contributed by atoms with Gasteiger partial charge in [0.1, 0.15) is 17.2 Å². The zero-order valence-electron chi connectivity index (χ0n) is 15.6. The molecule has 1 aliphatic heterocycles. The van der Waals surface area contributed by atoms with Gasteiger partial charge >= 0.3 is 0 Å². The van der Waals surface area contributed by atoms with Crippen molar-refractivity contribution in [3.8, 4) is 17.2 Å². The van der Waals surface area contributed by atoms with Gasteiger partial charge in [-0.25, -0.2) is 0 Å². The largest absolute Gasteiger partial charge is 0.496 e. The van der Waals surface area contributed by atoms with Crippen molar-refractivity contribution in [2.24, 2.45) is 0 Å². The Labute approximate surface area is 168 Å². The van der Waals surface area contributed by atoms with Crippen molar-refractivity contribution in [1.29, 1.82) is 0 Å². The Balaban J connectivity index is 1.62. The van der Waals surface area contributed by atoms with Crippen molar-refractivity contribution < 1.29 is 14.3 Å². The first-order valence-corrected chi connectivity index (χ1v) is 9.68. The van der Waals surface area contributed by atoms with Crippen LogP contribution in [0, 0.1) is 0 Å². The summed E-state index contributed by atoms with van der Waals surface area (Å²) in [5.41, 5.74) is 2.33. The molecule has 0 unspecified atom stereocenters. The molecular weight excluding hydrogens is 370 g/mol. The molecule has 1 N–H and O–H groups in total. The fourth-order valence-corrected chi connectivity index (χ4v) is 4.03. The zero-order valence-corrected chi connectivity index (χ0v) is 16.4. The molecule has 0 aliphatic carbocycles. The number of nitrogens with one attached hydrogen (secondary N) is 1. The Morgan fingerprint density at radius 1 is 0.929 bits per heavy atom. The van der Waals surface area contributed by atoms with E-state index in [2.05, 4.69) is 5.32 Å². The fraction of sp³-hybridized carbons (Fsp3) is 0.0870. The van der Waals surface area contributed by atoms with Crippen molar-refractivity contribution in [3.63, 3.8) is 0 Å². The van der Waals surface area contributed by atoms with Crippen LogP contribution in [0.2, 0.25) is 0 Å². The number of Topliss-reactive ketones (excluding diaryl/α,β-unsaturated/α-hetero) is 1. The number of ether oxygens (including phenoxy) is 2. The predicted octanol–water partition coefficient (Wildman–Crippen LogP) is 6.12. The van der Waals surface area contributed by atoms with Gasteiger partial charge < -0.3 is 14.8 Å². The molecular formula is C23H19NO3S. The third-order valence-electron chi connectivity index (χ3n) is 4.36. The first kappa shape index (κ1) is 18.2. The van der Waals surface area contributed by atoms with E-state index in [1.807, 2.05) is 67.6 Å². The van der Waals surface area contributed by atoms with Gasteiger partial charge in [-0.3, -0.25) is 4.79 Å². The van der Waals surface area contributed by atoms with Crippen molar-refractivity contribution in [1.82, 2.24) is 0 Å². The third kappa shape index (κ3) is 3.62. The van der Waals surface area contributed by atoms with Gasteiger partial charge in [0.05, 0.1) is 23.3 Å². The van der Waals surface area contributed by atoms with E-state index in [0.29, 0.717) is 16.2 Å². The van der Waals surface area contributed by atoms with E-state index < -0.39 is 0 Å². The summed E-state index contributed by atoms with van der Waals surface area (Å²) >= 11 is 1.44. The number of ketones is 1. The summed E-state index contributed by atoms with van der Waals surface area (Å²) in [6, 6.07) is 22.7. The highest BCUT2D eigenvalue weighted by atomic mass is 32.2. The summed E-state index contributed by atoms with van der Waals surface area (Å²) in [5, 5.41) is 3.33. The van der Waals surface area contributed by atoms with E-state index in [1.165, 1.54) is 11.8 Å². The average Bonchev–Trinajstić information content (AvgIpc) is 2.73. The van der Waals surface area contributed by atoms with E-state index in [-0.39, 0.29) is 5.78 Å². The highest BCUT2D eigenvalue weighted by Crippen LogP contribution is 2.43. The smallest absolute Gasteiger partial charge is 0.205 e. The van der Waals surface area contributed by atoms with Gasteiger partial charge in [0.25, 0.3) is 0 Å². The summed E-state index contributed by atoms with van der Waals surface area (Å²) in [6.45, 7) is 1.91. The number of hydrogen-bond acceptors (Lipinski definition) is 5. The molecule has 0 saturated heterocycles. The lowest BCUT2D eigenvalue weighted by atomic mass is 10.1. The molecule has 0 atom stereocenters. The van der Waals surface area contributed by atoms with Gasteiger partial charge in [-0.1, -0.05) is 42.1 Å². The van der Waals surface area contributed by atoms with E-state index in [9.17, 15) is 4.79 Å². The minimum absolute atomic E-state index is 0.0625. The molecule has 0 bridgehead atoms. The highest BCUT2D eigenvalue weighted by molar-refractivity contribution is 8.04. The Morgan fingerprint density at radius 3 is 2.46 bits per heavy atom. The lowest BCUT2D eigenvalue weighted by Crippen LogP contribution is -2.12. The quantitative estimate of drug-likeness (QED) is 0.533. The summed E-state index contributed by atoms with van der Waals surface area (Å²) in [6.07, 6.45) is 0. The Morgan fingerprint density at radius 2 is 1.68 bits per heavy atom. The number of anilines is 1. The van der Waals surface area contributed by atoms with Crippen LogP contribution in [-0.2, 0) is 0 Å². The number of rotatable bonds is 5. The Hall–Kier alpha value is -3.18. The second-order valence-electron chi connectivity index (χ2n) is 6.28. The number of benzene rings is 3. The first-order valence-electron chi connectivity index (χ1n) is 8.86. The topological polar surface area (TPSA) is 47.6 Å². The number of hydrogen-bond donors (Lipinski definition) is 1. The minimum Gasteiger partial charge on any atom is -0.496 e. The van der Waals surface area contributed by atoms with Crippen LogP contribution in [0.1, 0.15) is 17.3 Å². The standard InChI is InChI=1S/C23H19NO3S/c1-15-23(22(25)18-10-6-7-11-20(18)26-2)28-21-14-17(12-13-19(21)24-15)27-16-8-4-3-5-9-16/h3-14,24H,1-2H3. The summed E-state index contributed by atoms with van der Waals surface area (Å²) < 4.78 is 11.3. The fourth-order valence-electron chi connectivity index (χ4n) is 2.99. The van der Waals surface area contributed by atoms with Crippen molar-refractivity contribution in [3.05, 3.63) is 89.0 Å². The van der Waals surface area contributed by atoms with E-state index in [1.54, 1.807) is 19.2 Å². The van der Waals surface area contributed by atoms with Crippen LogP contribution >= 0.6 is 11.8 Å². The maximum Gasteiger partial charge on any atom is 0.205 e. The molecule has 0 saturated carbocycles. The zero-order chi connectivity index (χ0) is 19.5. The molecule has 1 aliphatic rings. The number of thioether (sulfide) groups is 1. The second kappa shape index (κ2) is 7.82. The molecule has 28 heavy (non-hydrogen) atoms. The third-order valence-corrected chi connectivity index (χ3v) is 5.62. The molecule has 0 aromatic heterocycles. The molecule has 3 aromatic carbocycles. The van der Waals surface area contributed by atoms with Crippen molar-refractivity contribution in [2.45, 2.75) is 11.8 Å². The van der Waals surface area contributed by atoms with Gasteiger partial charge in [0, 0.05) is 10.6 Å². The normalized spacial score (nSPS) is 12.8. The molecule has 3 aromatic rings. The van der Waals surface area contributed by atoms with Crippen molar-refractivity contribution >= 4 is 23.2 Å². The number of para-hydroxylation sites is 2. The van der Waals surface area contributed by atoms with E-state index in [4.69, 9.17) is 9.47 Å². The highest BCUT2D eigenvalue weighted by Gasteiger charge is 2.25. The first-order chi connectivity index (χ1) is 13.7. The lowest BCUT2D eigenvalue weighted by Gasteiger charge is -2.22. The summed E-state index contributed by atoms with van der Waals surface area (Å²) in [4.78, 5) is 14.7. The van der Waals surface area contributed by atoms with Gasteiger partial charge in [-0.2, -0.15) is 0 Å². The number of fused-ring (bicyclic) bond motifs is 1. The predicted molar refractivity (Wildman–Crippen MR) is 112 cm³/mol. The Kier molecular flexibility index (Phi) is 5.08. The van der Waals surface area contributed by atoms with E-state index in [0.717, 1.165) is 27.8 Å². The van der Waals surface area contributed by atoms with E-state index >= 15 is 0 Å². The maximum atomic E-state index is 13.1. The monoisotopic (exact) mass is 389 g/mol. The number of methoxy groups -OCH3 is 1. The van der Waals surface area contributed by atoms with Gasteiger partial charge in [-0.05, 0) is 49.4 Å². The van der Waals surface area contributed by atoms with Gasteiger partial charge in [0.15, 0.2) is 0 Å². The molecule has 0 spiro atoms.